The zero-order chi connectivity index (χ0) is 11.7. The molecule has 1 aromatic rings. The molecule has 0 aliphatic rings. The predicted octanol–water partition coefficient (Wildman–Crippen LogP) is 2.97. The van der Waals surface area contributed by atoms with Crippen LogP contribution in [0, 0.1) is 5.41 Å². The number of hydrogen-bond acceptors (Lipinski definition) is 3. The third-order valence-electron chi connectivity index (χ3n) is 2.41. The highest BCUT2D eigenvalue weighted by molar-refractivity contribution is 7.09. The Labute approximate surface area is 96.9 Å². The van der Waals surface area contributed by atoms with Gasteiger partial charge in [0.05, 0.1) is 10.7 Å². The van der Waals surface area contributed by atoms with Crippen LogP contribution in [0.5, 0.6) is 0 Å². The minimum atomic E-state index is 0.156. The van der Waals surface area contributed by atoms with Crippen LogP contribution in [0.15, 0.2) is 5.38 Å². The van der Waals surface area contributed by atoms with Crippen LogP contribution in [0.25, 0.3) is 0 Å². The summed E-state index contributed by atoms with van der Waals surface area (Å²) in [6.07, 6.45) is 0.968. The maximum absolute atomic E-state index is 5.72. The molecule has 0 saturated heterocycles. The minimum absolute atomic E-state index is 0.156. The zero-order valence-electron chi connectivity index (χ0n) is 10.4. The molecule has 2 nitrogen and oxygen atoms in total. The van der Waals surface area contributed by atoms with Gasteiger partial charge >= 0.3 is 0 Å². The lowest BCUT2D eigenvalue weighted by molar-refractivity contribution is 0.372. The Morgan fingerprint density at radius 2 is 1.87 bits per heavy atom. The molecular formula is C12H22N2S. The predicted molar refractivity (Wildman–Crippen MR) is 67.4 cm³/mol. The van der Waals surface area contributed by atoms with Gasteiger partial charge in [0.25, 0.3) is 0 Å². The monoisotopic (exact) mass is 226 g/mol. The van der Waals surface area contributed by atoms with E-state index < -0.39 is 0 Å². The second kappa shape index (κ2) is 4.22. The number of nitrogens with zero attached hydrogens (tertiary/aromatic N) is 1. The largest absolute Gasteiger partial charge is 0.330 e. The third-order valence-corrected chi connectivity index (χ3v) is 3.72. The van der Waals surface area contributed by atoms with Crippen molar-refractivity contribution in [2.45, 2.75) is 46.5 Å². The molecule has 86 valence electrons. The third kappa shape index (κ3) is 3.58. The molecule has 0 aromatic carbocycles. The number of rotatable bonds is 3. The fourth-order valence-corrected chi connectivity index (χ4v) is 2.20. The maximum atomic E-state index is 5.72. The number of hydrogen-bond donors (Lipinski definition) is 1. The molecule has 0 amide bonds. The average molecular weight is 226 g/mol. The highest BCUT2D eigenvalue weighted by Gasteiger charge is 2.21. The number of thiazole rings is 1. The summed E-state index contributed by atoms with van der Waals surface area (Å²) in [5.74, 6) is 0. The normalized spacial score (nSPS) is 13.2. The highest BCUT2D eigenvalue weighted by atomic mass is 32.1. The molecule has 0 radical (unpaired) electrons. The first-order valence-electron chi connectivity index (χ1n) is 5.39. The Kier molecular flexibility index (Phi) is 3.56. The molecule has 15 heavy (non-hydrogen) atoms. The standard InChI is InChI=1S/C12H22N2S/c1-11(2,3)10-14-9(7-15-10)6-12(4,5)8-13/h7H,6,8,13H2,1-5H3. The Hall–Kier alpha value is -0.410. The van der Waals surface area contributed by atoms with Crippen molar-refractivity contribution in [3.05, 3.63) is 16.1 Å². The first-order chi connectivity index (χ1) is 6.74. The SMILES string of the molecule is CC(C)(CN)Cc1csc(C(C)(C)C)n1. The average Bonchev–Trinajstić information content (AvgIpc) is 2.51. The van der Waals surface area contributed by atoms with Crippen molar-refractivity contribution in [3.63, 3.8) is 0 Å². The Bertz CT molecular complexity index is 321. The summed E-state index contributed by atoms with van der Waals surface area (Å²) in [6, 6.07) is 0. The van der Waals surface area contributed by atoms with Gasteiger partial charge in [-0.3, -0.25) is 0 Å². The zero-order valence-corrected chi connectivity index (χ0v) is 11.2. The van der Waals surface area contributed by atoms with E-state index in [0.29, 0.717) is 6.54 Å². The van der Waals surface area contributed by atoms with Gasteiger partial charge in [0.1, 0.15) is 0 Å². The van der Waals surface area contributed by atoms with Crippen molar-refractivity contribution in [1.29, 1.82) is 0 Å². The van der Waals surface area contributed by atoms with Gasteiger partial charge in [-0.2, -0.15) is 0 Å². The van der Waals surface area contributed by atoms with Crippen LogP contribution in [-0.4, -0.2) is 11.5 Å². The molecule has 0 fully saturated rings. The van der Waals surface area contributed by atoms with E-state index in [1.807, 2.05) is 0 Å². The molecule has 3 heteroatoms. The van der Waals surface area contributed by atoms with Crippen molar-refractivity contribution in [2.75, 3.05) is 6.54 Å². The van der Waals surface area contributed by atoms with Gasteiger partial charge in [0.2, 0.25) is 0 Å². The van der Waals surface area contributed by atoms with E-state index >= 15 is 0 Å². The van der Waals surface area contributed by atoms with Gasteiger partial charge in [0, 0.05) is 10.8 Å². The van der Waals surface area contributed by atoms with Crippen molar-refractivity contribution in [1.82, 2.24) is 4.98 Å². The summed E-state index contributed by atoms with van der Waals surface area (Å²) in [7, 11) is 0. The highest BCUT2D eigenvalue weighted by Crippen LogP contribution is 2.28. The number of nitrogens with two attached hydrogens (primary N) is 1. The summed E-state index contributed by atoms with van der Waals surface area (Å²) in [4.78, 5) is 4.68. The minimum Gasteiger partial charge on any atom is -0.330 e. The van der Waals surface area contributed by atoms with Crippen LogP contribution in [0.3, 0.4) is 0 Å². The van der Waals surface area contributed by atoms with E-state index in [1.165, 1.54) is 10.7 Å². The van der Waals surface area contributed by atoms with E-state index in [2.05, 4.69) is 45.0 Å². The van der Waals surface area contributed by atoms with Gasteiger partial charge in [-0.05, 0) is 18.4 Å². The molecular weight excluding hydrogens is 204 g/mol. The van der Waals surface area contributed by atoms with Crippen LogP contribution < -0.4 is 5.73 Å². The topological polar surface area (TPSA) is 38.9 Å². The summed E-state index contributed by atoms with van der Waals surface area (Å²) in [5, 5.41) is 3.38. The van der Waals surface area contributed by atoms with E-state index in [1.54, 1.807) is 11.3 Å². The van der Waals surface area contributed by atoms with Gasteiger partial charge in [-0.15, -0.1) is 11.3 Å². The van der Waals surface area contributed by atoms with Crippen LogP contribution in [0.1, 0.15) is 45.3 Å². The molecule has 1 rings (SSSR count). The lowest BCUT2D eigenvalue weighted by Crippen LogP contribution is -2.26. The van der Waals surface area contributed by atoms with E-state index in [0.717, 1.165) is 6.42 Å². The van der Waals surface area contributed by atoms with Gasteiger partial charge in [0.15, 0.2) is 0 Å². The van der Waals surface area contributed by atoms with Crippen molar-refractivity contribution < 1.29 is 0 Å². The van der Waals surface area contributed by atoms with Gasteiger partial charge in [-0.1, -0.05) is 34.6 Å². The Balaban J connectivity index is 2.78. The van der Waals surface area contributed by atoms with E-state index in [4.69, 9.17) is 5.73 Å². The molecule has 0 atom stereocenters. The summed E-state index contributed by atoms with van der Waals surface area (Å²) in [5.41, 5.74) is 7.22. The first-order valence-corrected chi connectivity index (χ1v) is 6.27. The Morgan fingerprint density at radius 3 is 2.27 bits per heavy atom. The first kappa shape index (κ1) is 12.7. The quantitative estimate of drug-likeness (QED) is 0.860. The van der Waals surface area contributed by atoms with Crippen LogP contribution >= 0.6 is 11.3 Å². The fourth-order valence-electron chi connectivity index (χ4n) is 1.30. The summed E-state index contributed by atoms with van der Waals surface area (Å²) in [6.45, 7) is 11.7. The van der Waals surface area contributed by atoms with Crippen molar-refractivity contribution in [3.8, 4) is 0 Å². The fraction of sp³-hybridized carbons (Fsp3) is 0.750. The summed E-state index contributed by atoms with van der Waals surface area (Å²) >= 11 is 1.76. The molecule has 0 aliphatic carbocycles. The van der Waals surface area contributed by atoms with Crippen LogP contribution in [-0.2, 0) is 11.8 Å². The molecule has 0 saturated carbocycles. The molecule has 0 spiro atoms. The maximum Gasteiger partial charge on any atom is 0.0981 e. The van der Waals surface area contributed by atoms with E-state index in [-0.39, 0.29) is 10.8 Å². The van der Waals surface area contributed by atoms with Gasteiger partial charge in [-0.25, -0.2) is 4.98 Å². The Morgan fingerprint density at radius 1 is 1.27 bits per heavy atom. The molecule has 0 unspecified atom stereocenters. The smallest absolute Gasteiger partial charge is 0.0981 e. The molecule has 2 N–H and O–H groups in total. The summed E-state index contributed by atoms with van der Waals surface area (Å²) < 4.78 is 0. The lowest BCUT2D eigenvalue weighted by atomic mass is 9.88. The van der Waals surface area contributed by atoms with Crippen molar-refractivity contribution >= 4 is 11.3 Å². The van der Waals surface area contributed by atoms with E-state index in [9.17, 15) is 0 Å². The molecule has 1 heterocycles. The second-order valence-corrected chi connectivity index (χ2v) is 6.80. The van der Waals surface area contributed by atoms with Crippen LogP contribution in [0.4, 0.5) is 0 Å². The van der Waals surface area contributed by atoms with Crippen molar-refractivity contribution in [2.24, 2.45) is 11.1 Å². The number of aromatic nitrogens is 1. The van der Waals surface area contributed by atoms with Gasteiger partial charge < -0.3 is 5.73 Å². The van der Waals surface area contributed by atoms with Crippen LogP contribution in [0.2, 0.25) is 0 Å². The lowest BCUT2D eigenvalue weighted by Gasteiger charge is -2.20. The molecule has 0 aliphatic heterocycles. The second-order valence-electron chi connectivity index (χ2n) is 5.94. The molecule has 1 aromatic heterocycles. The molecule has 0 bridgehead atoms.